The van der Waals surface area contributed by atoms with Crippen LogP contribution >= 0.6 is 0 Å². The Morgan fingerprint density at radius 3 is 1.43 bits per heavy atom. The Hall–Kier alpha value is -4.48. The van der Waals surface area contributed by atoms with E-state index < -0.39 is 11.8 Å². The molecule has 11 nitrogen and oxygen atoms in total. The molecule has 0 fully saturated rings. The van der Waals surface area contributed by atoms with Gasteiger partial charge in [0.2, 0.25) is 0 Å². The Bertz CT molecular complexity index is 1250. The number of azo groups is 1. The fourth-order valence-corrected chi connectivity index (χ4v) is 4.13. The first-order chi connectivity index (χ1) is 20.5. The van der Waals surface area contributed by atoms with E-state index in [2.05, 4.69) is 21.1 Å². The smallest absolute Gasteiger partial charge is 0.265 e. The van der Waals surface area contributed by atoms with E-state index in [-0.39, 0.29) is 11.1 Å². The Labute approximate surface area is 246 Å². The van der Waals surface area contributed by atoms with Gasteiger partial charge in [-0.2, -0.15) is 10.2 Å². The zero-order valence-corrected chi connectivity index (χ0v) is 24.0. The summed E-state index contributed by atoms with van der Waals surface area (Å²) in [7, 11) is 1.63. The van der Waals surface area contributed by atoms with Crippen LogP contribution in [0.4, 0.5) is 11.4 Å². The lowest BCUT2D eigenvalue weighted by Gasteiger charge is -2.10. The van der Waals surface area contributed by atoms with Gasteiger partial charge in [-0.15, -0.1) is 0 Å². The summed E-state index contributed by atoms with van der Waals surface area (Å²) in [5, 5.41) is 8.50. The molecule has 6 N–H and O–H groups in total. The summed E-state index contributed by atoms with van der Waals surface area (Å²) in [4.78, 5) is 23.7. The van der Waals surface area contributed by atoms with Gasteiger partial charge in [0, 0.05) is 11.1 Å². The minimum Gasteiger partial charge on any atom is -0.497 e. The Morgan fingerprint density at radius 2 is 1.00 bits per heavy atom. The predicted molar refractivity (Wildman–Crippen MR) is 161 cm³/mol. The number of hydrazine groups is 2. The first kappa shape index (κ1) is 32.0. The number of nitrogens with two attached hydrogens (primary N) is 2. The van der Waals surface area contributed by atoms with Crippen molar-refractivity contribution in [2.75, 3.05) is 20.3 Å². The molecule has 0 spiro atoms. The Morgan fingerprint density at radius 1 is 0.595 bits per heavy atom. The number of carbonyl (C=O) groups is 2. The van der Waals surface area contributed by atoms with Crippen molar-refractivity contribution in [1.29, 1.82) is 0 Å². The van der Waals surface area contributed by atoms with E-state index in [4.69, 9.17) is 25.9 Å². The first-order valence-electron chi connectivity index (χ1n) is 14.1. The number of methoxy groups -OCH3 is 1. The van der Waals surface area contributed by atoms with E-state index in [1.54, 1.807) is 19.2 Å². The standard InChI is InChI=1S/C31H40N6O5/c1-40-27-14-10-25(11-15-27)36-37-26-12-16-28(17-13-26)41-18-8-6-4-2-3-5-7-9-19-42-29-21-23(30(38)34-32)20-24(22-29)31(39)35-33/h10-17,20-22H,2-9,18-19,32-33H2,1H3,(H,34,38)(H,35,39). The van der Waals surface area contributed by atoms with Crippen molar-refractivity contribution in [3.8, 4) is 17.2 Å². The molecule has 0 unspecified atom stereocenters. The van der Waals surface area contributed by atoms with Gasteiger partial charge in [0.15, 0.2) is 0 Å². The zero-order valence-electron chi connectivity index (χ0n) is 24.0. The van der Waals surface area contributed by atoms with Gasteiger partial charge in [0.25, 0.3) is 11.8 Å². The highest BCUT2D eigenvalue weighted by molar-refractivity contribution is 6.00. The minimum absolute atomic E-state index is 0.223. The van der Waals surface area contributed by atoms with Gasteiger partial charge in [-0.1, -0.05) is 38.5 Å². The van der Waals surface area contributed by atoms with E-state index >= 15 is 0 Å². The molecule has 0 aliphatic carbocycles. The lowest BCUT2D eigenvalue weighted by molar-refractivity contribution is 0.0953. The normalized spacial score (nSPS) is 10.8. The summed E-state index contributed by atoms with van der Waals surface area (Å²) in [6, 6.07) is 19.5. The molecule has 0 aliphatic rings. The molecule has 3 aromatic carbocycles. The second kappa shape index (κ2) is 18.1. The first-order valence-corrected chi connectivity index (χ1v) is 14.1. The van der Waals surface area contributed by atoms with E-state index in [0.717, 1.165) is 55.0 Å². The molecular weight excluding hydrogens is 536 g/mol. The van der Waals surface area contributed by atoms with Gasteiger partial charge >= 0.3 is 0 Å². The van der Waals surface area contributed by atoms with Crippen molar-refractivity contribution in [2.24, 2.45) is 21.9 Å². The number of nitrogens with zero attached hydrogens (tertiary/aromatic N) is 2. The molecule has 0 saturated heterocycles. The molecular formula is C31H40N6O5. The molecule has 0 saturated carbocycles. The van der Waals surface area contributed by atoms with Crippen LogP contribution in [0.5, 0.6) is 17.2 Å². The fourth-order valence-electron chi connectivity index (χ4n) is 4.13. The van der Waals surface area contributed by atoms with E-state index in [0.29, 0.717) is 19.0 Å². The van der Waals surface area contributed by atoms with Crippen LogP contribution in [-0.2, 0) is 0 Å². The van der Waals surface area contributed by atoms with Gasteiger partial charge in [-0.05, 0) is 79.6 Å². The highest BCUT2D eigenvalue weighted by Gasteiger charge is 2.12. The van der Waals surface area contributed by atoms with Crippen molar-refractivity contribution in [1.82, 2.24) is 10.9 Å². The molecule has 11 heteroatoms. The second-order valence-corrected chi connectivity index (χ2v) is 9.61. The number of nitrogens with one attached hydrogen (secondary N) is 2. The predicted octanol–water partition coefficient (Wildman–Crippen LogP) is 5.90. The van der Waals surface area contributed by atoms with Crippen LogP contribution < -0.4 is 36.7 Å². The third kappa shape index (κ3) is 11.2. The average molecular weight is 577 g/mol. The molecule has 3 aromatic rings. The fraction of sp³-hybridized carbons (Fsp3) is 0.355. The maximum absolute atomic E-state index is 11.9. The molecule has 42 heavy (non-hydrogen) atoms. The summed E-state index contributed by atoms with van der Waals surface area (Å²) in [5.74, 6) is 11.4. The molecule has 0 aliphatic heterocycles. The number of benzene rings is 3. The Balaban J connectivity index is 1.22. The second-order valence-electron chi connectivity index (χ2n) is 9.61. The van der Waals surface area contributed by atoms with Gasteiger partial charge in [-0.25, -0.2) is 11.7 Å². The summed E-state index contributed by atoms with van der Waals surface area (Å²) in [6.45, 7) is 1.17. The van der Waals surface area contributed by atoms with Gasteiger partial charge in [0.05, 0.1) is 31.7 Å². The van der Waals surface area contributed by atoms with Crippen LogP contribution in [0, 0.1) is 0 Å². The van der Waals surface area contributed by atoms with Crippen LogP contribution in [0.3, 0.4) is 0 Å². The molecule has 0 aromatic heterocycles. The van der Waals surface area contributed by atoms with Crippen LogP contribution in [0.2, 0.25) is 0 Å². The van der Waals surface area contributed by atoms with Gasteiger partial charge < -0.3 is 14.2 Å². The number of nitrogen functional groups attached to an aromatic ring is 2. The molecule has 0 bridgehead atoms. The van der Waals surface area contributed by atoms with Crippen LogP contribution in [0.25, 0.3) is 0 Å². The van der Waals surface area contributed by atoms with E-state index in [1.807, 2.05) is 48.5 Å². The number of hydrogen-bond donors (Lipinski definition) is 4. The molecule has 0 radical (unpaired) electrons. The number of rotatable bonds is 18. The monoisotopic (exact) mass is 576 g/mol. The summed E-state index contributed by atoms with van der Waals surface area (Å²) >= 11 is 0. The average Bonchev–Trinajstić information content (AvgIpc) is 3.04. The van der Waals surface area contributed by atoms with Crippen molar-refractivity contribution in [3.63, 3.8) is 0 Å². The van der Waals surface area contributed by atoms with Crippen molar-refractivity contribution >= 4 is 23.2 Å². The third-order valence-corrected chi connectivity index (χ3v) is 6.46. The molecule has 0 heterocycles. The summed E-state index contributed by atoms with van der Waals surface area (Å²) in [5.41, 5.74) is 6.08. The van der Waals surface area contributed by atoms with Crippen molar-refractivity contribution in [2.45, 2.75) is 51.4 Å². The van der Waals surface area contributed by atoms with Crippen LogP contribution in [0.15, 0.2) is 77.0 Å². The van der Waals surface area contributed by atoms with Crippen molar-refractivity contribution in [3.05, 3.63) is 77.9 Å². The lowest BCUT2D eigenvalue weighted by atomic mass is 10.1. The SMILES string of the molecule is COc1ccc(N=Nc2ccc(OCCCCCCCCCCOc3cc(C(=O)NN)cc(C(=O)NN)c3)cc2)cc1. The number of amides is 2. The number of unbranched alkanes of at least 4 members (excludes halogenated alkanes) is 7. The van der Waals surface area contributed by atoms with Crippen LogP contribution in [-0.4, -0.2) is 32.1 Å². The Kier molecular flexibility index (Phi) is 13.8. The quantitative estimate of drug-likeness (QED) is 0.0482. The van der Waals surface area contributed by atoms with E-state index in [9.17, 15) is 9.59 Å². The number of carbonyl (C=O) groups excluding carboxylic acids is 2. The zero-order chi connectivity index (χ0) is 30.0. The number of ether oxygens (including phenoxy) is 3. The van der Waals surface area contributed by atoms with Gasteiger partial charge in [-0.3, -0.25) is 20.4 Å². The summed E-state index contributed by atoms with van der Waals surface area (Å²) < 4.78 is 16.8. The highest BCUT2D eigenvalue weighted by Crippen LogP contribution is 2.23. The van der Waals surface area contributed by atoms with Crippen LogP contribution in [0.1, 0.15) is 72.1 Å². The minimum atomic E-state index is -0.516. The maximum Gasteiger partial charge on any atom is 0.265 e. The lowest BCUT2D eigenvalue weighted by Crippen LogP contribution is -2.32. The number of hydrogen-bond acceptors (Lipinski definition) is 9. The molecule has 224 valence electrons. The van der Waals surface area contributed by atoms with Crippen molar-refractivity contribution < 1.29 is 23.8 Å². The maximum atomic E-state index is 11.9. The topological polar surface area (TPSA) is 163 Å². The largest absolute Gasteiger partial charge is 0.497 e. The van der Waals surface area contributed by atoms with Gasteiger partial charge in [0.1, 0.15) is 17.2 Å². The van der Waals surface area contributed by atoms with E-state index in [1.165, 1.54) is 25.3 Å². The third-order valence-electron chi connectivity index (χ3n) is 6.46. The molecule has 2 amide bonds. The summed E-state index contributed by atoms with van der Waals surface area (Å²) in [6.07, 6.45) is 8.70. The molecule has 3 rings (SSSR count). The molecule has 0 atom stereocenters. The highest BCUT2D eigenvalue weighted by atomic mass is 16.5.